The fraction of sp³-hybridized carbons (Fsp3) is 0.500. The summed E-state index contributed by atoms with van der Waals surface area (Å²) in [6.45, 7) is 11.1. The van der Waals surface area contributed by atoms with E-state index in [4.69, 9.17) is 21.3 Å². The number of rotatable bonds is 7. The molecule has 1 saturated carbocycles. The van der Waals surface area contributed by atoms with Crippen LogP contribution >= 0.6 is 11.6 Å². The van der Waals surface area contributed by atoms with E-state index >= 15 is 0 Å². The number of ether oxygens (including phenoxy) is 1. The fourth-order valence-electron chi connectivity index (χ4n) is 5.95. The van der Waals surface area contributed by atoms with Gasteiger partial charge < -0.3 is 10.1 Å². The van der Waals surface area contributed by atoms with E-state index < -0.39 is 0 Å². The highest BCUT2D eigenvalue weighted by molar-refractivity contribution is 6.30. The second-order valence-corrected chi connectivity index (χ2v) is 11.8. The predicted octanol–water partition coefficient (Wildman–Crippen LogP) is 4.84. The van der Waals surface area contributed by atoms with Crippen molar-refractivity contribution in [1.29, 1.82) is 0 Å². The molecule has 2 aromatic carbocycles. The average Bonchev–Trinajstić information content (AvgIpc) is 2.81. The highest BCUT2D eigenvalue weighted by atomic mass is 35.5. The van der Waals surface area contributed by atoms with Crippen LogP contribution in [0.25, 0.3) is 22.3 Å². The molecule has 1 N–H and O–H groups in total. The van der Waals surface area contributed by atoms with Crippen molar-refractivity contribution >= 4 is 28.4 Å². The molecule has 2 fully saturated rings. The minimum absolute atomic E-state index is 0.0247. The average molecular weight is 537 g/mol. The molecule has 202 valence electrons. The smallest absolute Gasteiger partial charge is 0.262 e. The van der Waals surface area contributed by atoms with Crippen LogP contribution in [0.5, 0.6) is 0 Å². The molecule has 2 aliphatic rings. The Morgan fingerprint density at radius 1 is 1.13 bits per heavy atom. The van der Waals surface area contributed by atoms with Crippen molar-refractivity contribution in [3.05, 3.63) is 63.4 Å². The zero-order valence-corrected chi connectivity index (χ0v) is 23.4. The maximum Gasteiger partial charge on any atom is 0.262 e. The largest absolute Gasteiger partial charge is 0.373 e. The number of carbonyl (C=O) groups excluding carboxylic acids is 1. The van der Waals surface area contributed by atoms with Gasteiger partial charge in [-0.1, -0.05) is 29.8 Å². The summed E-state index contributed by atoms with van der Waals surface area (Å²) in [6.07, 6.45) is 2.79. The lowest BCUT2D eigenvalue weighted by atomic mass is 9.71. The Labute approximate surface area is 229 Å². The molecule has 1 aromatic heterocycles. The minimum Gasteiger partial charge on any atom is -0.373 e. The van der Waals surface area contributed by atoms with Crippen molar-refractivity contribution in [2.24, 2.45) is 5.92 Å². The van der Waals surface area contributed by atoms with Crippen LogP contribution in [-0.4, -0.2) is 58.2 Å². The van der Waals surface area contributed by atoms with Gasteiger partial charge in [-0.3, -0.25) is 19.1 Å². The lowest BCUT2D eigenvalue weighted by Gasteiger charge is -2.42. The van der Waals surface area contributed by atoms with Crippen LogP contribution in [-0.2, 0) is 16.1 Å². The van der Waals surface area contributed by atoms with Gasteiger partial charge >= 0.3 is 0 Å². The molecule has 2 unspecified atom stereocenters. The van der Waals surface area contributed by atoms with Gasteiger partial charge in [-0.25, -0.2) is 4.98 Å². The molecule has 7 nitrogen and oxygen atoms in total. The number of hydrogen-bond donors (Lipinski definition) is 1. The van der Waals surface area contributed by atoms with Crippen LogP contribution in [0.2, 0.25) is 5.02 Å². The highest BCUT2D eigenvalue weighted by Gasteiger charge is 2.33. The molecule has 0 bridgehead atoms. The van der Waals surface area contributed by atoms with Gasteiger partial charge in [-0.2, -0.15) is 0 Å². The van der Waals surface area contributed by atoms with Crippen molar-refractivity contribution in [3.8, 4) is 11.4 Å². The first kappa shape index (κ1) is 26.9. The monoisotopic (exact) mass is 536 g/mol. The van der Waals surface area contributed by atoms with E-state index in [1.807, 2.05) is 38.1 Å². The van der Waals surface area contributed by atoms with Gasteiger partial charge in [0.15, 0.2) is 0 Å². The van der Waals surface area contributed by atoms with Gasteiger partial charge in [-0.05, 0) is 82.2 Å². The van der Waals surface area contributed by atoms with Crippen molar-refractivity contribution < 1.29 is 9.53 Å². The van der Waals surface area contributed by atoms with Crippen LogP contribution in [0.3, 0.4) is 0 Å². The summed E-state index contributed by atoms with van der Waals surface area (Å²) in [7, 11) is 0. The molecule has 1 aliphatic carbocycles. The van der Waals surface area contributed by atoms with Crippen molar-refractivity contribution in [2.45, 2.75) is 71.2 Å². The first-order valence-corrected chi connectivity index (χ1v) is 14.0. The van der Waals surface area contributed by atoms with E-state index in [1.165, 1.54) is 10.1 Å². The number of nitrogens with one attached hydrogen (secondary N) is 1. The van der Waals surface area contributed by atoms with Gasteiger partial charge in [0.2, 0.25) is 5.91 Å². The number of nitrogens with zero attached hydrogens (tertiary/aromatic N) is 3. The predicted molar refractivity (Wildman–Crippen MR) is 152 cm³/mol. The van der Waals surface area contributed by atoms with E-state index in [9.17, 15) is 9.59 Å². The van der Waals surface area contributed by atoms with Gasteiger partial charge in [-0.15, -0.1) is 0 Å². The van der Waals surface area contributed by atoms with Crippen LogP contribution in [0.4, 0.5) is 0 Å². The topological polar surface area (TPSA) is 76.5 Å². The van der Waals surface area contributed by atoms with E-state index in [-0.39, 0.29) is 36.3 Å². The third-order valence-electron chi connectivity index (χ3n) is 7.53. The molecule has 1 saturated heterocycles. The van der Waals surface area contributed by atoms with E-state index in [0.717, 1.165) is 32.5 Å². The number of carbonyl (C=O) groups is 1. The molecule has 0 spiro atoms. The Balaban J connectivity index is 1.40. The number of fused-ring (bicyclic) bond motifs is 1. The van der Waals surface area contributed by atoms with E-state index in [2.05, 4.69) is 30.1 Å². The van der Waals surface area contributed by atoms with Gasteiger partial charge in [0.1, 0.15) is 12.4 Å². The number of aromatic nitrogens is 2. The molecular formula is C30H37ClN4O3. The molecule has 38 heavy (non-hydrogen) atoms. The van der Waals surface area contributed by atoms with Crippen LogP contribution in [0.15, 0.2) is 47.3 Å². The highest BCUT2D eigenvalue weighted by Crippen LogP contribution is 2.42. The zero-order valence-electron chi connectivity index (χ0n) is 22.6. The molecule has 5 rings (SSSR count). The number of halogens is 1. The summed E-state index contributed by atoms with van der Waals surface area (Å²) >= 11 is 6.24. The standard InChI is InChI=1S/C30H37ClN4O3/c1-18(2)32-28(36)17-35-29(23-6-5-7-25(31)12-23)33-27-9-8-22(13-26(27)30(35)37)24-10-21(11-24)16-34-14-19(3)38-20(4)15-34/h5-9,12-13,18-21,24H,10-11,14-17H2,1-4H3,(H,32,36)/t19?,20?,21-,24+. The Bertz CT molecular complexity index is 1370. The summed E-state index contributed by atoms with van der Waals surface area (Å²) in [5.74, 6) is 1.31. The number of benzene rings is 2. The first-order chi connectivity index (χ1) is 18.2. The maximum absolute atomic E-state index is 13.8. The molecule has 8 heteroatoms. The van der Waals surface area contributed by atoms with Crippen LogP contribution in [0.1, 0.15) is 52.0 Å². The second-order valence-electron chi connectivity index (χ2n) is 11.3. The number of morpholine rings is 1. The van der Waals surface area contributed by atoms with Crippen molar-refractivity contribution in [2.75, 3.05) is 19.6 Å². The molecule has 0 radical (unpaired) electrons. The third-order valence-corrected chi connectivity index (χ3v) is 7.77. The van der Waals surface area contributed by atoms with E-state index in [1.54, 1.807) is 12.1 Å². The summed E-state index contributed by atoms with van der Waals surface area (Å²) in [5, 5.41) is 3.98. The first-order valence-electron chi connectivity index (χ1n) is 13.6. The Hall–Kier alpha value is -2.74. The van der Waals surface area contributed by atoms with Crippen LogP contribution < -0.4 is 10.9 Å². The zero-order chi connectivity index (χ0) is 27.0. The maximum atomic E-state index is 13.8. The van der Waals surface area contributed by atoms with Crippen molar-refractivity contribution in [3.63, 3.8) is 0 Å². The quantitative estimate of drug-likeness (QED) is 0.467. The van der Waals surface area contributed by atoms with Gasteiger partial charge in [0, 0.05) is 36.3 Å². The third kappa shape index (κ3) is 5.95. The Morgan fingerprint density at radius 2 is 1.87 bits per heavy atom. The lowest BCUT2D eigenvalue weighted by Crippen LogP contribution is -2.48. The summed E-state index contributed by atoms with van der Waals surface area (Å²) in [4.78, 5) is 33.9. The lowest BCUT2D eigenvalue weighted by molar-refractivity contribution is -0.122. The molecule has 1 aliphatic heterocycles. The minimum atomic E-state index is -0.226. The van der Waals surface area contributed by atoms with Gasteiger partial charge in [0.05, 0.1) is 23.1 Å². The van der Waals surface area contributed by atoms with Crippen LogP contribution in [0, 0.1) is 5.92 Å². The number of amides is 1. The molecule has 2 atom stereocenters. The summed E-state index contributed by atoms with van der Waals surface area (Å²) < 4.78 is 7.35. The molecule has 2 heterocycles. The normalized spacial score (nSPS) is 23.9. The second kappa shape index (κ2) is 11.2. The fourth-order valence-corrected chi connectivity index (χ4v) is 6.14. The molecule has 3 aromatic rings. The Kier molecular flexibility index (Phi) is 7.89. The molecular weight excluding hydrogens is 500 g/mol. The van der Waals surface area contributed by atoms with Gasteiger partial charge in [0.25, 0.3) is 5.56 Å². The van der Waals surface area contributed by atoms with Crippen molar-refractivity contribution in [1.82, 2.24) is 19.8 Å². The SMILES string of the molecule is CC(C)NC(=O)Cn1c(-c2cccc(Cl)c2)nc2ccc([C@H]3C[C@@H](CN4CC(C)OC(C)C4)C3)cc2c1=O. The Morgan fingerprint density at radius 3 is 2.55 bits per heavy atom. The summed E-state index contributed by atoms with van der Waals surface area (Å²) in [5.41, 5.74) is 2.29. The number of hydrogen-bond acceptors (Lipinski definition) is 5. The summed E-state index contributed by atoms with van der Waals surface area (Å²) in [6, 6.07) is 13.2. The molecule has 1 amide bonds. The van der Waals surface area contributed by atoms with E-state index in [0.29, 0.717) is 39.1 Å².